The van der Waals surface area contributed by atoms with E-state index >= 15 is 0 Å². The van der Waals surface area contributed by atoms with Crippen molar-refractivity contribution in [2.75, 3.05) is 0 Å². The third kappa shape index (κ3) is 2.72. The van der Waals surface area contributed by atoms with Crippen molar-refractivity contribution in [1.82, 2.24) is 0 Å². The van der Waals surface area contributed by atoms with Gasteiger partial charge in [0.2, 0.25) is 0 Å². The van der Waals surface area contributed by atoms with Crippen LogP contribution in [0.1, 0.15) is 40.5 Å². The molecule has 13 heavy (non-hydrogen) atoms. The third-order valence-corrected chi connectivity index (χ3v) is 2.97. The SMILES string of the molecule is CCC(C)C1=CC=CC1CC(C)C. The van der Waals surface area contributed by atoms with Crippen molar-refractivity contribution in [3.63, 3.8) is 0 Å². The van der Waals surface area contributed by atoms with E-state index in [9.17, 15) is 0 Å². The molecule has 0 amide bonds. The van der Waals surface area contributed by atoms with Crippen LogP contribution in [0.15, 0.2) is 23.8 Å². The Kier molecular flexibility index (Phi) is 3.77. The fourth-order valence-corrected chi connectivity index (χ4v) is 2.02. The molecular formula is C13H22. The van der Waals surface area contributed by atoms with E-state index in [4.69, 9.17) is 0 Å². The Morgan fingerprint density at radius 2 is 2.00 bits per heavy atom. The molecule has 1 rings (SSSR count). The molecular weight excluding hydrogens is 156 g/mol. The zero-order valence-electron chi connectivity index (χ0n) is 9.38. The topological polar surface area (TPSA) is 0 Å². The summed E-state index contributed by atoms with van der Waals surface area (Å²) in [4.78, 5) is 0. The number of rotatable bonds is 4. The van der Waals surface area contributed by atoms with E-state index in [-0.39, 0.29) is 0 Å². The molecule has 74 valence electrons. The summed E-state index contributed by atoms with van der Waals surface area (Å²) in [6, 6.07) is 0. The number of hydrogen-bond acceptors (Lipinski definition) is 0. The van der Waals surface area contributed by atoms with Crippen molar-refractivity contribution in [3.05, 3.63) is 23.8 Å². The molecule has 2 unspecified atom stereocenters. The predicted molar refractivity (Wildman–Crippen MR) is 59.6 cm³/mol. The first kappa shape index (κ1) is 10.6. The summed E-state index contributed by atoms with van der Waals surface area (Å²) in [5.74, 6) is 2.30. The van der Waals surface area contributed by atoms with E-state index in [1.165, 1.54) is 12.8 Å². The van der Waals surface area contributed by atoms with E-state index in [0.29, 0.717) is 0 Å². The molecule has 0 saturated carbocycles. The van der Waals surface area contributed by atoms with Gasteiger partial charge >= 0.3 is 0 Å². The Morgan fingerprint density at radius 3 is 2.54 bits per heavy atom. The predicted octanol–water partition coefficient (Wildman–Crippen LogP) is 4.19. The Bertz CT molecular complexity index is 208. The van der Waals surface area contributed by atoms with Crippen LogP contribution in [0.25, 0.3) is 0 Å². The lowest BCUT2D eigenvalue weighted by molar-refractivity contribution is 0.479. The highest BCUT2D eigenvalue weighted by atomic mass is 14.2. The quantitative estimate of drug-likeness (QED) is 0.605. The summed E-state index contributed by atoms with van der Waals surface area (Å²) >= 11 is 0. The summed E-state index contributed by atoms with van der Waals surface area (Å²) in [5, 5.41) is 0. The number of hydrogen-bond donors (Lipinski definition) is 0. The molecule has 0 aliphatic heterocycles. The van der Waals surface area contributed by atoms with Gasteiger partial charge in [-0.3, -0.25) is 0 Å². The van der Waals surface area contributed by atoms with Crippen molar-refractivity contribution in [3.8, 4) is 0 Å². The molecule has 2 atom stereocenters. The summed E-state index contributed by atoms with van der Waals surface area (Å²) in [6.45, 7) is 9.23. The van der Waals surface area contributed by atoms with Crippen LogP contribution in [0, 0.1) is 17.8 Å². The van der Waals surface area contributed by atoms with Crippen LogP contribution in [0.3, 0.4) is 0 Å². The van der Waals surface area contributed by atoms with Crippen molar-refractivity contribution < 1.29 is 0 Å². The highest BCUT2D eigenvalue weighted by Gasteiger charge is 2.19. The molecule has 0 radical (unpaired) electrons. The van der Waals surface area contributed by atoms with Crippen LogP contribution in [0.2, 0.25) is 0 Å². The molecule has 1 aliphatic rings. The minimum Gasteiger partial charge on any atom is -0.0773 e. The fourth-order valence-electron chi connectivity index (χ4n) is 2.02. The van der Waals surface area contributed by atoms with Gasteiger partial charge in [0.15, 0.2) is 0 Å². The lowest BCUT2D eigenvalue weighted by atomic mass is 9.85. The minimum atomic E-state index is 0.731. The number of allylic oxidation sites excluding steroid dienone is 4. The average Bonchev–Trinajstić information content (AvgIpc) is 2.50. The smallest absolute Gasteiger partial charge is 0.00119 e. The van der Waals surface area contributed by atoms with Crippen LogP contribution in [-0.2, 0) is 0 Å². The van der Waals surface area contributed by atoms with E-state index in [0.717, 1.165) is 17.8 Å². The average molecular weight is 178 g/mol. The highest BCUT2D eigenvalue weighted by molar-refractivity contribution is 5.28. The minimum absolute atomic E-state index is 0.731. The molecule has 0 bridgehead atoms. The third-order valence-electron chi connectivity index (χ3n) is 2.97. The van der Waals surface area contributed by atoms with Crippen molar-refractivity contribution in [2.45, 2.75) is 40.5 Å². The monoisotopic (exact) mass is 178 g/mol. The van der Waals surface area contributed by atoms with Gasteiger partial charge in [-0.15, -0.1) is 0 Å². The fraction of sp³-hybridized carbons (Fsp3) is 0.692. The summed E-state index contributed by atoms with van der Waals surface area (Å²) in [6.07, 6.45) is 9.49. The van der Waals surface area contributed by atoms with E-state index < -0.39 is 0 Å². The van der Waals surface area contributed by atoms with Crippen LogP contribution in [0.4, 0.5) is 0 Å². The molecule has 0 heteroatoms. The Labute approximate surface area is 82.7 Å². The zero-order chi connectivity index (χ0) is 9.84. The Hall–Kier alpha value is -0.520. The first-order valence-corrected chi connectivity index (χ1v) is 5.53. The lowest BCUT2D eigenvalue weighted by Gasteiger charge is -2.20. The molecule has 1 aliphatic carbocycles. The van der Waals surface area contributed by atoms with Gasteiger partial charge < -0.3 is 0 Å². The van der Waals surface area contributed by atoms with Gasteiger partial charge in [-0.05, 0) is 30.6 Å². The summed E-state index contributed by atoms with van der Waals surface area (Å²) < 4.78 is 0. The molecule has 0 fully saturated rings. The first-order chi connectivity index (χ1) is 6.15. The maximum atomic E-state index is 2.36. The lowest BCUT2D eigenvalue weighted by Crippen LogP contribution is -2.08. The van der Waals surface area contributed by atoms with Gasteiger partial charge in [0.25, 0.3) is 0 Å². The maximum absolute atomic E-state index is 2.36. The van der Waals surface area contributed by atoms with Gasteiger partial charge in [0, 0.05) is 0 Å². The van der Waals surface area contributed by atoms with Gasteiger partial charge in [-0.25, -0.2) is 0 Å². The first-order valence-electron chi connectivity index (χ1n) is 5.53. The Morgan fingerprint density at radius 1 is 1.31 bits per heavy atom. The van der Waals surface area contributed by atoms with Gasteiger partial charge in [0.05, 0.1) is 0 Å². The zero-order valence-corrected chi connectivity index (χ0v) is 9.38. The molecule has 0 N–H and O–H groups in total. The van der Waals surface area contributed by atoms with Crippen LogP contribution in [0.5, 0.6) is 0 Å². The van der Waals surface area contributed by atoms with Crippen molar-refractivity contribution in [2.24, 2.45) is 17.8 Å². The van der Waals surface area contributed by atoms with Crippen LogP contribution < -0.4 is 0 Å². The largest absolute Gasteiger partial charge is 0.0773 e. The second-order valence-electron chi connectivity index (χ2n) is 4.60. The molecule has 0 nitrogen and oxygen atoms in total. The van der Waals surface area contributed by atoms with E-state index in [1.54, 1.807) is 5.57 Å². The summed E-state index contributed by atoms with van der Waals surface area (Å²) in [5.41, 5.74) is 1.65. The van der Waals surface area contributed by atoms with E-state index in [1.807, 2.05) is 0 Å². The van der Waals surface area contributed by atoms with Gasteiger partial charge in [-0.1, -0.05) is 51.5 Å². The van der Waals surface area contributed by atoms with Crippen molar-refractivity contribution >= 4 is 0 Å². The van der Waals surface area contributed by atoms with Crippen LogP contribution >= 0.6 is 0 Å². The highest BCUT2D eigenvalue weighted by Crippen LogP contribution is 2.32. The molecule has 0 aromatic carbocycles. The molecule has 0 saturated heterocycles. The normalized spacial score (nSPS) is 23.8. The second kappa shape index (κ2) is 4.64. The molecule has 0 heterocycles. The maximum Gasteiger partial charge on any atom is -0.00119 e. The Balaban J connectivity index is 2.56. The van der Waals surface area contributed by atoms with Crippen LogP contribution in [-0.4, -0.2) is 0 Å². The van der Waals surface area contributed by atoms with E-state index in [2.05, 4.69) is 45.9 Å². The second-order valence-corrected chi connectivity index (χ2v) is 4.60. The standard InChI is InChI=1S/C13H22/c1-5-11(4)13-8-6-7-12(13)9-10(2)3/h6-8,10-12H,5,9H2,1-4H3. The van der Waals surface area contributed by atoms with Gasteiger partial charge in [0.1, 0.15) is 0 Å². The summed E-state index contributed by atoms with van der Waals surface area (Å²) in [7, 11) is 0. The van der Waals surface area contributed by atoms with Gasteiger partial charge in [-0.2, -0.15) is 0 Å². The van der Waals surface area contributed by atoms with Crippen molar-refractivity contribution in [1.29, 1.82) is 0 Å². The molecule has 0 spiro atoms. The molecule has 0 aromatic heterocycles. The molecule has 0 aromatic rings.